The third kappa shape index (κ3) is 4.33. The first-order chi connectivity index (χ1) is 8.56. The van der Waals surface area contributed by atoms with Crippen LogP contribution in [0.3, 0.4) is 0 Å². The van der Waals surface area contributed by atoms with Crippen LogP contribution in [0.15, 0.2) is 18.2 Å². The van der Waals surface area contributed by atoms with Crippen molar-refractivity contribution in [1.82, 2.24) is 10.3 Å². The normalized spacial score (nSPS) is 12.3. The third-order valence-electron chi connectivity index (χ3n) is 2.53. The van der Waals surface area contributed by atoms with Crippen LogP contribution in [0.1, 0.15) is 19.5 Å². The molecular formula is C13H21N3O2. The van der Waals surface area contributed by atoms with Gasteiger partial charge in [0.05, 0.1) is 13.0 Å². The average Bonchev–Trinajstić information content (AvgIpc) is 2.35. The SMILES string of the molecule is COc1cccc(CC(CN)C(=O)NC(C)C)n1. The molecule has 1 heterocycles. The van der Waals surface area contributed by atoms with Crippen LogP contribution in [0.4, 0.5) is 0 Å². The number of aromatic nitrogens is 1. The highest BCUT2D eigenvalue weighted by Crippen LogP contribution is 2.11. The first-order valence-electron chi connectivity index (χ1n) is 6.07. The van der Waals surface area contributed by atoms with E-state index in [1.165, 1.54) is 0 Å². The van der Waals surface area contributed by atoms with E-state index >= 15 is 0 Å². The molecule has 0 fully saturated rings. The standard InChI is InChI=1S/C13H21N3O2/c1-9(2)15-13(17)10(8-14)7-11-5-4-6-12(16-11)18-3/h4-6,9-10H,7-8,14H2,1-3H3,(H,15,17). The number of pyridine rings is 1. The summed E-state index contributed by atoms with van der Waals surface area (Å²) in [6.07, 6.45) is 0.520. The zero-order valence-electron chi connectivity index (χ0n) is 11.1. The second kappa shape index (κ2) is 6.96. The molecule has 0 saturated heterocycles. The van der Waals surface area contributed by atoms with Gasteiger partial charge in [-0.1, -0.05) is 6.07 Å². The molecule has 0 aliphatic heterocycles. The van der Waals surface area contributed by atoms with Crippen molar-refractivity contribution in [1.29, 1.82) is 0 Å². The van der Waals surface area contributed by atoms with E-state index in [0.717, 1.165) is 5.69 Å². The minimum Gasteiger partial charge on any atom is -0.481 e. The number of carbonyl (C=O) groups excluding carboxylic acids is 1. The van der Waals surface area contributed by atoms with Crippen LogP contribution in [0.25, 0.3) is 0 Å². The van der Waals surface area contributed by atoms with Crippen LogP contribution in [-0.4, -0.2) is 30.6 Å². The van der Waals surface area contributed by atoms with Gasteiger partial charge in [-0.15, -0.1) is 0 Å². The Bertz CT molecular complexity index is 394. The molecule has 0 saturated carbocycles. The second-order valence-corrected chi connectivity index (χ2v) is 4.47. The van der Waals surface area contributed by atoms with Crippen LogP contribution < -0.4 is 15.8 Å². The van der Waals surface area contributed by atoms with Gasteiger partial charge in [0.2, 0.25) is 11.8 Å². The predicted molar refractivity (Wildman–Crippen MR) is 70.3 cm³/mol. The van der Waals surface area contributed by atoms with Crippen LogP contribution in [0.5, 0.6) is 5.88 Å². The first-order valence-corrected chi connectivity index (χ1v) is 6.07. The van der Waals surface area contributed by atoms with E-state index < -0.39 is 0 Å². The Balaban J connectivity index is 2.69. The molecule has 0 aliphatic carbocycles. The van der Waals surface area contributed by atoms with Gasteiger partial charge in [0.25, 0.3) is 0 Å². The maximum Gasteiger partial charge on any atom is 0.224 e. The summed E-state index contributed by atoms with van der Waals surface area (Å²) in [4.78, 5) is 16.2. The molecule has 5 nitrogen and oxygen atoms in total. The molecule has 5 heteroatoms. The van der Waals surface area contributed by atoms with E-state index in [-0.39, 0.29) is 17.9 Å². The molecule has 0 bridgehead atoms. The molecule has 1 amide bonds. The van der Waals surface area contributed by atoms with E-state index in [0.29, 0.717) is 18.8 Å². The first kappa shape index (κ1) is 14.4. The Morgan fingerprint density at radius 1 is 1.50 bits per heavy atom. The monoisotopic (exact) mass is 251 g/mol. The van der Waals surface area contributed by atoms with Crippen molar-refractivity contribution in [3.63, 3.8) is 0 Å². The lowest BCUT2D eigenvalue weighted by Crippen LogP contribution is -2.39. The summed E-state index contributed by atoms with van der Waals surface area (Å²) in [5.74, 6) is 0.261. The van der Waals surface area contributed by atoms with Crippen molar-refractivity contribution in [2.45, 2.75) is 26.3 Å². The largest absolute Gasteiger partial charge is 0.481 e. The number of ether oxygens (including phenoxy) is 1. The number of nitrogens with one attached hydrogen (secondary N) is 1. The molecular weight excluding hydrogens is 230 g/mol. The zero-order valence-corrected chi connectivity index (χ0v) is 11.1. The Kier molecular flexibility index (Phi) is 5.58. The molecule has 1 atom stereocenters. The highest BCUT2D eigenvalue weighted by molar-refractivity contribution is 5.79. The highest BCUT2D eigenvalue weighted by atomic mass is 16.5. The third-order valence-corrected chi connectivity index (χ3v) is 2.53. The van der Waals surface area contributed by atoms with Crippen molar-refractivity contribution in [2.75, 3.05) is 13.7 Å². The number of methoxy groups -OCH3 is 1. The fourth-order valence-corrected chi connectivity index (χ4v) is 1.62. The lowest BCUT2D eigenvalue weighted by molar-refractivity contribution is -0.125. The lowest BCUT2D eigenvalue weighted by atomic mass is 10.0. The fraction of sp³-hybridized carbons (Fsp3) is 0.538. The van der Waals surface area contributed by atoms with Gasteiger partial charge in [0.15, 0.2) is 0 Å². The summed E-state index contributed by atoms with van der Waals surface area (Å²) in [7, 11) is 1.57. The molecule has 0 radical (unpaired) electrons. The molecule has 18 heavy (non-hydrogen) atoms. The number of amides is 1. The maximum absolute atomic E-state index is 11.9. The smallest absolute Gasteiger partial charge is 0.224 e. The summed E-state index contributed by atoms with van der Waals surface area (Å²) >= 11 is 0. The van der Waals surface area contributed by atoms with Crippen molar-refractivity contribution >= 4 is 5.91 Å². The predicted octanol–water partition coefficient (Wildman–Crippen LogP) is 0.732. The Morgan fingerprint density at radius 2 is 2.22 bits per heavy atom. The molecule has 1 unspecified atom stereocenters. The van der Waals surface area contributed by atoms with Crippen LogP contribution >= 0.6 is 0 Å². The van der Waals surface area contributed by atoms with E-state index in [4.69, 9.17) is 10.5 Å². The summed E-state index contributed by atoms with van der Waals surface area (Å²) in [6, 6.07) is 5.61. The van der Waals surface area contributed by atoms with Gasteiger partial charge < -0.3 is 15.8 Å². The van der Waals surface area contributed by atoms with Crippen LogP contribution in [0, 0.1) is 5.92 Å². The van der Waals surface area contributed by atoms with Gasteiger partial charge in [-0.2, -0.15) is 0 Å². The molecule has 0 aromatic carbocycles. The summed E-state index contributed by atoms with van der Waals surface area (Å²) in [6.45, 7) is 4.15. The second-order valence-electron chi connectivity index (χ2n) is 4.47. The minimum absolute atomic E-state index is 0.0304. The van der Waals surface area contributed by atoms with Crippen LogP contribution in [-0.2, 0) is 11.2 Å². The van der Waals surface area contributed by atoms with E-state index in [1.807, 2.05) is 26.0 Å². The molecule has 1 aromatic rings. The summed E-state index contributed by atoms with van der Waals surface area (Å²) in [5, 5.41) is 2.86. The number of rotatable bonds is 6. The molecule has 100 valence electrons. The van der Waals surface area contributed by atoms with Gasteiger partial charge in [0.1, 0.15) is 0 Å². The average molecular weight is 251 g/mol. The van der Waals surface area contributed by atoms with E-state index in [9.17, 15) is 4.79 Å². The van der Waals surface area contributed by atoms with Gasteiger partial charge in [-0.05, 0) is 19.9 Å². The van der Waals surface area contributed by atoms with Gasteiger partial charge in [-0.3, -0.25) is 4.79 Å². The number of nitrogens with two attached hydrogens (primary N) is 1. The minimum atomic E-state index is -0.257. The quantitative estimate of drug-likeness (QED) is 0.781. The Labute approximate surface area is 108 Å². The number of hydrogen-bond acceptors (Lipinski definition) is 4. The zero-order chi connectivity index (χ0) is 13.5. The molecule has 1 rings (SSSR count). The molecule has 3 N–H and O–H groups in total. The highest BCUT2D eigenvalue weighted by Gasteiger charge is 2.18. The summed E-state index contributed by atoms with van der Waals surface area (Å²) in [5.41, 5.74) is 6.46. The van der Waals surface area contributed by atoms with Crippen molar-refractivity contribution in [2.24, 2.45) is 11.7 Å². The molecule has 1 aromatic heterocycles. The number of carbonyl (C=O) groups is 1. The lowest BCUT2D eigenvalue weighted by Gasteiger charge is -2.16. The topological polar surface area (TPSA) is 77.2 Å². The molecule has 0 aliphatic rings. The molecule has 0 spiro atoms. The van der Waals surface area contributed by atoms with E-state index in [1.54, 1.807) is 13.2 Å². The van der Waals surface area contributed by atoms with Crippen molar-refractivity contribution in [3.05, 3.63) is 23.9 Å². The number of hydrogen-bond donors (Lipinski definition) is 2. The van der Waals surface area contributed by atoms with Gasteiger partial charge >= 0.3 is 0 Å². The maximum atomic E-state index is 11.9. The Hall–Kier alpha value is -1.62. The Morgan fingerprint density at radius 3 is 2.78 bits per heavy atom. The van der Waals surface area contributed by atoms with E-state index in [2.05, 4.69) is 10.3 Å². The van der Waals surface area contributed by atoms with Gasteiger partial charge in [-0.25, -0.2) is 4.98 Å². The van der Waals surface area contributed by atoms with Crippen molar-refractivity contribution in [3.8, 4) is 5.88 Å². The fourth-order valence-electron chi connectivity index (χ4n) is 1.62. The van der Waals surface area contributed by atoms with Crippen molar-refractivity contribution < 1.29 is 9.53 Å². The van der Waals surface area contributed by atoms with Crippen LogP contribution in [0.2, 0.25) is 0 Å². The summed E-state index contributed by atoms with van der Waals surface area (Å²) < 4.78 is 5.05. The van der Waals surface area contributed by atoms with Gasteiger partial charge in [0, 0.05) is 30.8 Å². The number of nitrogens with zero attached hydrogens (tertiary/aromatic N) is 1.